The van der Waals surface area contributed by atoms with Crippen molar-refractivity contribution in [2.75, 3.05) is 0 Å². The summed E-state index contributed by atoms with van der Waals surface area (Å²) >= 11 is 0. The summed E-state index contributed by atoms with van der Waals surface area (Å²) < 4.78 is 2.92. The van der Waals surface area contributed by atoms with E-state index in [2.05, 4.69) is 15.2 Å². The summed E-state index contributed by atoms with van der Waals surface area (Å²) in [5, 5.41) is 25.7. The van der Waals surface area contributed by atoms with Crippen LogP contribution in [-0.4, -0.2) is 36.7 Å². The minimum absolute atomic E-state index is 0.178. The number of hydrogen-bond donors (Lipinski definition) is 2. The summed E-state index contributed by atoms with van der Waals surface area (Å²) in [4.78, 5) is 15.2. The number of aromatic nitrogens is 5. The van der Waals surface area contributed by atoms with Gasteiger partial charge in [-0.15, -0.1) is 0 Å². The van der Waals surface area contributed by atoms with Gasteiger partial charge in [-0.1, -0.05) is 6.07 Å². The van der Waals surface area contributed by atoms with Gasteiger partial charge in [0.05, 0.1) is 24.0 Å². The van der Waals surface area contributed by atoms with Gasteiger partial charge in [-0.25, -0.2) is 4.68 Å². The molecule has 0 saturated carbocycles. The van der Waals surface area contributed by atoms with Gasteiger partial charge in [0.2, 0.25) is 0 Å². The highest BCUT2D eigenvalue weighted by Gasteiger charge is 2.08. The van der Waals surface area contributed by atoms with E-state index in [1.807, 2.05) is 37.4 Å². The summed E-state index contributed by atoms with van der Waals surface area (Å²) in [6.07, 6.45) is 6.46. The number of benzene rings is 1. The predicted octanol–water partition coefficient (Wildman–Crippen LogP) is 2.35. The fraction of sp³-hybridized carbons (Fsp3) is 0.143. The molecule has 0 bridgehead atoms. The van der Waals surface area contributed by atoms with Crippen LogP contribution >= 0.6 is 0 Å². The van der Waals surface area contributed by atoms with Gasteiger partial charge in [-0.2, -0.15) is 10.2 Å². The van der Waals surface area contributed by atoms with E-state index >= 15 is 0 Å². The molecule has 0 aliphatic heterocycles. The van der Waals surface area contributed by atoms with E-state index < -0.39 is 0 Å². The zero-order valence-electron chi connectivity index (χ0n) is 15.8. The zero-order chi connectivity index (χ0) is 20.4. The second-order valence-electron chi connectivity index (χ2n) is 6.76. The molecular weight excluding hydrogens is 366 g/mol. The first-order valence-corrected chi connectivity index (χ1v) is 9.08. The van der Waals surface area contributed by atoms with Gasteiger partial charge in [0.25, 0.3) is 0 Å². The van der Waals surface area contributed by atoms with Crippen molar-refractivity contribution in [1.29, 1.82) is 10.8 Å². The third-order valence-electron chi connectivity index (χ3n) is 4.57. The van der Waals surface area contributed by atoms with Gasteiger partial charge in [0.15, 0.2) is 0 Å². The van der Waals surface area contributed by atoms with Crippen LogP contribution in [0.4, 0.5) is 0 Å². The van der Waals surface area contributed by atoms with Gasteiger partial charge in [-0.05, 0) is 42.8 Å². The minimum Gasteiger partial charge on any atom is -0.301 e. The number of pyridine rings is 1. The van der Waals surface area contributed by atoms with Crippen LogP contribution in [0.2, 0.25) is 0 Å². The molecule has 0 amide bonds. The number of aldehydes is 1. The molecule has 0 aliphatic rings. The third kappa shape index (κ3) is 3.86. The molecule has 0 radical (unpaired) electrons. The van der Waals surface area contributed by atoms with Crippen LogP contribution in [0.1, 0.15) is 11.3 Å². The van der Waals surface area contributed by atoms with Gasteiger partial charge in [0, 0.05) is 35.3 Å². The molecule has 0 aliphatic carbocycles. The SMILES string of the molecule is Cc1ccc(=N)n(C(=N)Cc2ccc3ncc(-c4cnn(CC=O)c4)cc3c2)n1. The lowest BCUT2D eigenvalue weighted by atomic mass is 10.0. The molecule has 0 saturated heterocycles. The molecule has 8 nitrogen and oxygen atoms in total. The molecule has 2 N–H and O–H groups in total. The number of fused-ring (bicyclic) bond motifs is 1. The molecule has 0 fully saturated rings. The lowest BCUT2D eigenvalue weighted by molar-refractivity contribution is -0.108. The lowest BCUT2D eigenvalue weighted by Crippen LogP contribution is -2.30. The molecule has 144 valence electrons. The van der Waals surface area contributed by atoms with Crippen molar-refractivity contribution in [2.45, 2.75) is 19.9 Å². The van der Waals surface area contributed by atoms with Crippen molar-refractivity contribution >= 4 is 23.0 Å². The fourth-order valence-corrected chi connectivity index (χ4v) is 3.13. The number of hydrogen-bond acceptors (Lipinski definition) is 6. The Balaban J connectivity index is 1.64. The first-order chi connectivity index (χ1) is 14.0. The lowest BCUT2D eigenvalue weighted by Gasteiger charge is -2.09. The average molecular weight is 385 g/mol. The normalized spacial score (nSPS) is 10.9. The van der Waals surface area contributed by atoms with Crippen LogP contribution in [0.15, 0.2) is 55.0 Å². The maximum atomic E-state index is 10.7. The van der Waals surface area contributed by atoms with Gasteiger partial charge >= 0.3 is 0 Å². The Kier molecular flexibility index (Phi) is 4.82. The summed E-state index contributed by atoms with van der Waals surface area (Å²) in [6, 6.07) is 11.3. The Morgan fingerprint density at radius 3 is 2.83 bits per heavy atom. The Bertz CT molecular complexity index is 1290. The number of nitrogens with zero attached hydrogens (tertiary/aromatic N) is 5. The largest absolute Gasteiger partial charge is 0.301 e. The molecule has 4 aromatic rings. The monoisotopic (exact) mass is 385 g/mol. The van der Waals surface area contributed by atoms with Crippen molar-refractivity contribution in [3.63, 3.8) is 0 Å². The predicted molar refractivity (Wildman–Crippen MR) is 109 cm³/mol. The maximum Gasteiger partial charge on any atom is 0.148 e. The average Bonchev–Trinajstić information content (AvgIpc) is 3.18. The van der Waals surface area contributed by atoms with E-state index in [1.54, 1.807) is 29.2 Å². The second-order valence-corrected chi connectivity index (χ2v) is 6.76. The molecular formula is C21H19N7O. The van der Waals surface area contributed by atoms with Crippen LogP contribution in [-0.2, 0) is 17.8 Å². The number of carbonyl (C=O) groups excluding carboxylic acids is 1. The number of carbonyl (C=O) groups is 1. The van der Waals surface area contributed by atoms with Crippen LogP contribution in [0.5, 0.6) is 0 Å². The molecule has 0 atom stereocenters. The van der Waals surface area contributed by atoms with Crippen LogP contribution in [0, 0.1) is 17.7 Å². The van der Waals surface area contributed by atoms with Crippen molar-refractivity contribution in [2.24, 2.45) is 0 Å². The quantitative estimate of drug-likeness (QED) is 0.312. The highest BCUT2D eigenvalue weighted by atomic mass is 16.1. The first kappa shape index (κ1) is 18.4. The van der Waals surface area contributed by atoms with E-state index in [9.17, 15) is 4.79 Å². The molecule has 29 heavy (non-hydrogen) atoms. The summed E-state index contributed by atoms with van der Waals surface area (Å²) in [5.41, 5.74) is 4.52. The van der Waals surface area contributed by atoms with E-state index in [4.69, 9.17) is 10.8 Å². The van der Waals surface area contributed by atoms with Gasteiger partial charge in [0.1, 0.15) is 17.6 Å². The van der Waals surface area contributed by atoms with Crippen LogP contribution in [0.3, 0.4) is 0 Å². The number of aryl methyl sites for hydroxylation is 1. The Hall–Kier alpha value is -3.94. The van der Waals surface area contributed by atoms with Crippen LogP contribution in [0.25, 0.3) is 22.0 Å². The summed E-state index contributed by atoms with van der Waals surface area (Å²) in [6.45, 7) is 2.06. The Morgan fingerprint density at radius 2 is 2.00 bits per heavy atom. The van der Waals surface area contributed by atoms with E-state index in [0.717, 1.165) is 39.6 Å². The fourth-order valence-electron chi connectivity index (χ4n) is 3.13. The highest BCUT2D eigenvalue weighted by molar-refractivity contribution is 5.87. The molecule has 0 unspecified atom stereocenters. The first-order valence-electron chi connectivity index (χ1n) is 9.08. The molecule has 0 spiro atoms. The topological polar surface area (TPSA) is 113 Å². The zero-order valence-corrected chi connectivity index (χ0v) is 15.8. The summed E-state index contributed by atoms with van der Waals surface area (Å²) in [7, 11) is 0. The third-order valence-corrected chi connectivity index (χ3v) is 4.57. The molecule has 4 rings (SSSR count). The van der Waals surface area contributed by atoms with E-state index in [1.165, 1.54) is 4.68 Å². The van der Waals surface area contributed by atoms with Crippen molar-refractivity contribution < 1.29 is 4.79 Å². The highest BCUT2D eigenvalue weighted by Crippen LogP contribution is 2.23. The van der Waals surface area contributed by atoms with Crippen LogP contribution < -0.4 is 5.49 Å². The van der Waals surface area contributed by atoms with E-state index in [-0.39, 0.29) is 17.9 Å². The number of rotatable bonds is 5. The van der Waals surface area contributed by atoms with Crippen molar-refractivity contribution in [3.05, 3.63) is 71.7 Å². The smallest absolute Gasteiger partial charge is 0.148 e. The molecule has 3 aromatic heterocycles. The molecule has 1 aromatic carbocycles. The molecule has 8 heteroatoms. The van der Waals surface area contributed by atoms with Crippen molar-refractivity contribution in [3.8, 4) is 11.1 Å². The van der Waals surface area contributed by atoms with Gasteiger partial charge in [-0.3, -0.25) is 20.5 Å². The Morgan fingerprint density at radius 1 is 1.14 bits per heavy atom. The van der Waals surface area contributed by atoms with E-state index in [0.29, 0.717) is 6.42 Å². The Labute approximate surface area is 166 Å². The minimum atomic E-state index is 0.178. The van der Waals surface area contributed by atoms with Crippen molar-refractivity contribution in [1.82, 2.24) is 24.5 Å². The second kappa shape index (κ2) is 7.59. The number of nitrogens with one attached hydrogen (secondary N) is 2. The molecule has 3 heterocycles. The summed E-state index contributed by atoms with van der Waals surface area (Å²) in [5.74, 6) is 0.234. The standard InChI is InChI=1S/C21H19N7O/c1-14-2-5-20(22)28(26-14)21(23)9-15-3-4-19-16(8-15)10-17(11-24-19)18-12-25-27(13-18)6-7-29/h2-5,7-8,10-13,22-23H,6,9H2,1H3. The van der Waals surface area contributed by atoms with Gasteiger partial charge < -0.3 is 4.79 Å². The maximum absolute atomic E-state index is 10.7.